The normalized spacial score (nSPS) is 17.8. The Bertz CT molecular complexity index is 584. The van der Waals surface area contributed by atoms with E-state index in [1.807, 2.05) is 0 Å². The fraction of sp³-hybridized carbons (Fsp3) is 0.400. The lowest BCUT2D eigenvalue weighted by atomic mass is 10.1. The van der Waals surface area contributed by atoms with Crippen LogP contribution in [0.4, 0.5) is 5.13 Å². The zero-order valence-electron chi connectivity index (χ0n) is 10.3. The molecule has 0 unspecified atom stereocenters. The van der Waals surface area contributed by atoms with Crippen LogP contribution in [0.2, 0.25) is 0 Å². The second-order valence-corrected chi connectivity index (χ2v) is 6.15. The number of nitrogens with one attached hydrogen (secondary N) is 1. The summed E-state index contributed by atoms with van der Waals surface area (Å²) in [4.78, 5) is 4.69. The van der Waals surface area contributed by atoms with E-state index in [9.17, 15) is 0 Å². The Morgan fingerprint density at radius 1 is 1.17 bits per heavy atom. The number of thiazole rings is 1. The lowest BCUT2D eigenvalue weighted by molar-refractivity contribution is 0.912. The van der Waals surface area contributed by atoms with E-state index in [0.717, 1.165) is 10.8 Å². The second kappa shape index (κ2) is 4.09. The molecule has 0 radical (unpaired) electrons. The van der Waals surface area contributed by atoms with Gasteiger partial charge in [0, 0.05) is 17.0 Å². The number of benzene rings is 1. The molecule has 1 fully saturated rings. The first kappa shape index (κ1) is 10.6. The van der Waals surface area contributed by atoms with Gasteiger partial charge in [-0.3, -0.25) is 0 Å². The third-order valence-corrected chi connectivity index (χ3v) is 4.58. The van der Waals surface area contributed by atoms with E-state index in [2.05, 4.69) is 28.9 Å². The molecule has 0 atom stereocenters. The first-order valence-corrected chi connectivity index (χ1v) is 7.61. The van der Waals surface area contributed by atoms with Crippen molar-refractivity contribution in [1.82, 2.24) is 4.98 Å². The van der Waals surface area contributed by atoms with Crippen LogP contribution in [0.3, 0.4) is 0 Å². The minimum atomic E-state index is 0.684. The summed E-state index contributed by atoms with van der Waals surface area (Å²) in [6, 6.07) is 7.52. The van der Waals surface area contributed by atoms with Crippen LogP contribution in [0, 0.1) is 0 Å². The maximum atomic E-state index is 4.69. The minimum Gasteiger partial charge on any atom is -0.359 e. The van der Waals surface area contributed by atoms with E-state index < -0.39 is 0 Å². The number of hydrogen-bond acceptors (Lipinski definition) is 3. The number of fused-ring (bicyclic) bond motifs is 1. The highest BCUT2D eigenvalue weighted by atomic mass is 32.1. The highest BCUT2D eigenvalue weighted by Crippen LogP contribution is 2.32. The Balaban J connectivity index is 1.63. The topological polar surface area (TPSA) is 24.9 Å². The number of rotatable bonds is 3. The molecule has 0 amide bonds. The summed E-state index contributed by atoms with van der Waals surface area (Å²) in [6.45, 7) is 0. The van der Waals surface area contributed by atoms with Gasteiger partial charge >= 0.3 is 0 Å². The van der Waals surface area contributed by atoms with Crippen molar-refractivity contribution in [3.63, 3.8) is 0 Å². The van der Waals surface area contributed by atoms with Gasteiger partial charge in [0.05, 0.1) is 5.69 Å². The Morgan fingerprint density at radius 3 is 2.94 bits per heavy atom. The fourth-order valence-electron chi connectivity index (χ4n) is 2.61. The van der Waals surface area contributed by atoms with Crippen molar-refractivity contribution >= 4 is 16.5 Å². The van der Waals surface area contributed by atoms with Crippen LogP contribution in [-0.2, 0) is 12.8 Å². The first-order valence-electron chi connectivity index (χ1n) is 6.73. The van der Waals surface area contributed by atoms with Crippen molar-refractivity contribution in [2.45, 2.75) is 38.1 Å². The van der Waals surface area contributed by atoms with E-state index in [1.54, 1.807) is 11.3 Å². The van der Waals surface area contributed by atoms with Gasteiger partial charge in [0.25, 0.3) is 0 Å². The number of anilines is 1. The van der Waals surface area contributed by atoms with Crippen LogP contribution in [-0.4, -0.2) is 11.0 Å². The summed E-state index contributed by atoms with van der Waals surface area (Å²) in [5.41, 5.74) is 5.45. The zero-order valence-corrected chi connectivity index (χ0v) is 11.1. The number of hydrogen-bond donors (Lipinski definition) is 1. The average molecular weight is 256 g/mol. The Hall–Kier alpha value is -1.35. The molecule has 1 heterocycles. The standard InChI is InChI=1S/C15H16N2S/c1-2-10-4-5-12(8-11(10)3-1)14-9-18-15(17-14)16-13-6-7-13/h4-5,8-9,13H,1-3,6-7H2,(H,16,17). The van der Waals surface area contributed by atoms with Crippen LogP contribution < -0.4 is 5.32 Å². The van der Waals surface area contributed by atoms with Gasteiger partial charge in [-0.25, -0.2) is 4.98 Å². The molecule has 0 spiro atoms. The molecule has 18 heavy (non-hydrogen) atoms. The zero-order chi connectivity index (χ0) is 11.9. The van der Waals surface area contributed by atoms with Gasteiger partial charge in [-0.15, -0.1) is 11.3 Å². The maximum Gasteiger partial charge on any atom is 0.183 e. The lowest BCUT2D eigenvalue weighted by Gasteiger charge is -2.02. The molecule has 0 bridgehead atoms. The highest BCUT2D eigenvalue weighted by molar-refractivity contribution is 7.14. The molecule has 1 N–H and O–H groups in total. The average Bonchev–Trinajstić information content (AvgIpc) is 2.91. The van der Waals surface area contributed by atoms with Gasteiger partial charge in [0.15, 0.2) is 5.13 Å². The molecular formula is C15H16N2S. The maximum absolute atomic E-state index is 4.69. The largest absolute Gasteiger partial charge is 0.359 e. The monoisotopic (exact) mass is 256 g/mol. The number of nitrogens with zero attached hydrogens (tertiary/aromatic N) is 1. The van der Waals surface area contributed by atoms with Crippen molar-refractivity contribution in [2.24, 2.45) is 0 Å². The predicted octanol–water partition coefficient (Wildman–Crippen LogP) is 3.87. The Kier molecular flexibility index (Phi) is 2.40. The van der Waals surface area contributed by atoms with E-state index in [0.29, 0.717) is 6.04 Å². The van der Waals surface area contributed by atoms with Gasteiger partial charge < -0.3 is 5.32 Å². The summed E-state index contributed by atoms with van der Waals surface area (Å²) in [6.07, 6.45) is 6.40. The quantitative estimate of drug-likeness (QED) is 0.901. The van der Waals surface area contributed by atoms with Gasteiger partial charge in [0.2, 0.25) is 0 Å². The fourth-order valence-corrected chi connectivity index (χ4v) is 3.40. The third-order valence-electron chi connectivity index (χ3n) is 3.80. The van der Waals surface area contributed by atoms with Crippen molar-refractivity contribution < 1.29 is 0 Å². The molecular weight excluding hydrogens is 240 g/mol. The van der Waals surface area contributed by atoms with Crippen molar-refractivity contribution in [1.29, 1.82) is 0 Å². The lowest BCUT2D eigenvalue weighted by Crippen LogP contribution is -1.99. The smallest absolute Gasteiger partial charge is 0.183 e. The van der Waals surface area contributed by atoms with Crippen molar-refractivity contribution in [3.05, 3.63) is 34.7 Å². The van der Waals surface area contributed by atoms with Gasteiger partial charge in [-0.1, -0.05) is 12.1 Å². The van der Waals surface area contributed by atoms with Crippen LogP contribution in [0.5, 0.6) is 0 Å². The van der Waals surface area contributed by atoms with Gasteiger partial charge in [0.1, 0.15) is 0 Å². The summed E-state index contributed by atoms with van der Waals surface area (Å²) in [5.74, 6) is 0. The second-order valence-electron chi connectivity index (χ2n) is 5.29. The molecule has 2 nitrogen and oxygen atoms in total. The Morgan fingerprint density at radius 2 is 2.06 bits per heavy atom. The molecule has 92 valence electrons. The van der Waals surface area contributed by atoms with Crippen LogP contribution in [0.1, 0.15) is 30.4 Å². The molecule has 0 saturated heterocycles. The summed E-state index contributed by atoms with van der Waals surface area (Å²) in [5, 5.41) is 6.71. The summed E-state index contributed by atoms with van der Waals surface area (Å²) >= 11 is 1.72. The molecule has 3 heteroatoms. The molecule has 0 aliphatic heterocycles. The molecule has 2 aliphatic rings. The molecule has 2 aliphatic carbocycles. The van der Waals surface area contributed by atoms with Crippen LogP contribution >= 0.6 is 11.3 Å². The molecule has 1 aromatic carbocycles. The van der Waals surface area contributed by atoms with Gasteiger partial charge in [-0.2, -0.15) is 0 Å². The van der Waals surface area contributed by atoms with Gasteiger partial charge in [-0.05, 0) is 49.3 Å². The van der Waals surface area contributed by atoms with Crippen molar-refractivity contribution in [3.8, 4) is 11.3 Å². The number of aryl methyl sites for hydroxylation is 2. The predicted molar refractivity (Wildman–Crippen MR) is 76.2 cm³/mol. The van der Waals surface area contributed by atoms with E-state index >= 15 is 0 Å². The molecule has 1 saturated carbocycles. The number of aromatic nitrogens is 1. The molecule has 1 aromatic heterocycles. The highest BCUT2D eigenvalue weighted by Gasteiger charge is 2.22. The van der Waals surface area contributed by atoms with Crippen molar-refractivity contribution in [2.75, 3.05) is 5.32 Å². The molecule has 2 aromatic rings. The van der Waals surface area contributed by atoms with E-state index in [4.69, 9.17) is 4.98 Å². The first-order chi connectivity index (χ1) is 8.88. The van der Waals surface area contributed by atoms with E-state index in [-0.39, 0.29) is 0 Å². The minimum absolute atomic E-state index is 0.684. The van der Waals surface area contributed by atoms with Crippen LogP contribution in [0.25, 0.3) is 11.3 Å². The Labute approximate surface area is 111 Å². The SMILES string of the molecule is c1cc2c(cc1-c1csc(NC3CC3)n1)CCC2. The van der Waals surface area contributed by atoms with Crippen LogP contribution in [0.15, 0.2) is 23.6 Å². The van der Waals surface area contributed by atoms with E-state index in [1.165, 1.54) is 48.8 Å². The summed E-state index contributed by atoms with van der Waals surface area (Å²) in [7, 11) is 0. The molecule has 4 rings (SSSR count). The summed E-state index contributed by atoms with van der Waals surface area (Å²) < 4.78 is 0. The third kappa shape index (κ3) is 1.93.